The highest BCUT2D eigenvalue weighted by atomic mass is 35.5. The molecule has 2 N–H and O–H groups in total. The zero-order valence-electron chi connectivity index (χ0n) is 9.35. The molecule has 0 saturated carbocycles. The van der Waals surface area contributed by atoms with E-state index in [0.717, 1.165) is 13.1 Å². The molecule has 1 saturated heterocycles. The molecule has 1 aromatic rings. The van der Waals surface area contributed by atoms with Crippen LogP contribution >= 0.6 is 11.6 Å². The third kappa shape index (κ3) is 1.81. The second-order valence-corrected chi connectivity index (χ2v) is 4.70. The molecule has 0 spiro atoms. The summed E-state index contributed by atoms with van der Waals surface area (Å²) >= 11 is 6.02. The highest BCUT2D eigenvalue weighted by Gasteiger charge is 2.28. The van der Waals surface area contributed by atoms with E-state index in [1.54, 1.807) is 13.2 Å². The Kier molecular flexibility index (Phi) is 2.90. The number of rotatable bonds is 1. The molecule has 0 aromatic carbocycles. The van der Waals surface area contributed by atoms with E-state index in [9.17, 15) is 4.79 Å². The van der Waals surface area contributed by atoms with E-state index in [0.29, 0.717) is 11.6 Å². The summed E-state index contributed by atoms with van der Waals surface area (Å²) in [4.78, 5) is 13.6. The van der Waals surface area contributed by atoms with Gasteiger partial charge in [-0.05, 0) is 5.92 Å². The Bertz CT molecular complexity index is 449. The molecular formula is C10H15ClN4O. The van der Waals surface area contributed by atoms with Gasteiger partial charge in [-0.25, -0.2) is 4.68 Å². The van der Waals surface area contributed by atoms with Crippen molar-refractivity contribution in [2.45, 2.75) is 13.0 Å². The van der Waals surface area contributed by atoms with Crippen LogP contribution in [-0.4, -0.2) is 28.9 Å². The number of nitrogens with two attached hydrogens (primary N) is 1. The molecule has 5 nitrogen and oxygen atoms in total. The van der Waals surface area contributed by atoms with Crippen LogP contribution in [-0.2, 0) is 7.05 Å². The summed E-state index contributed by atoms with van der Waals surface area (Å²) in [6.45, 7) is 3.62. The third-order valence-corrected chi connectivity index (χ3v) is 3.43. The normalized spacial score (nSPS) is 25.1. The summed E-state index contributed by atoms with van der Waals surface area (Å²) in [5.74, 6) is 0.403. The van der Waals surface area contributed by atoms with Gasteiger partial charge in [0.2, 0.25) is 0 Å². The average Bonchev–Trinajstić information content (AvgIpc) is 2.56. The van der Waals surface area contributed by atoms with Crippen molar-refractivity contribution in [3.63, 3.8) is 0 Å². The van der Waals surface area contributed by atoms with E-state index >= 15 is 0 Å². The third-order valence-electron chi connectivity index (χ3n) is 3.07. The molecule has 88 valence electrons. The van der Waals surface area contributed by atoms with Gasteiger partial charge < -0.3 is 10.6 Å². The number of aromatic nitrogens is 2. The van der Waals surface area contributed by atoms with Crippen molar-refractivity contribution in [1.82, 2.24) is 9.78 Å². The molecule has 6 heteroatoms. The van der Waals surface area contributed by atoms with E-state index in [4.69, 9.17) is 17.3 Å². The lowest BCUT2D eigenvalue weighted by atomic mass is 10.1. The van der Waals surface area contributed by atoms with Gasteiger partial charge in [-0.1, -0.05) is 18.5 Å². The Balaban J connectivity index is 2.36. The van der Waals surface area contributed by atoms with Crippen LogP contribution in [0, 0.1) is 5.92 Å². The molecule has 1 aliphatic rings. The molecular weight excluding hydrogens is 228 g/mol. The Hall–Kier alpha value is -1.07. The maximum absolute atomic E-state index is 11.6. The highest BCUT2D eigenvalue weighted by Crippen LogP contribution is 2.26. The van der Waals surface area contributed by atoms with Crippen molar-refractivity contribution in [3.8, 4) is 0 Å². The number of hydrogen-bond acceptors (Lipinski definition) is 4. The van der Waals surface area contributed by atoms with Crippen molar-refractivity contribution in [3.05, 3.63) is 21.6 Å². The van der Waals surface area contributed by atoms with E-state index in [1.807, 2.05) is 4.90 Å². The lowest BCUT2D eigenvalue weighted by Gasteiger charge is -2.18. The topological polar surface area (TPSA) is 64.2 Å². The maximum Gasteiger partial charge on any atom is 0.287 e. The molecule has 2 rings (SSSR count). The molecule has 0 bridgehead atoms. The summed E-state index contributed by atoms with van der Waals surface area (Å²) in [6, 6.07) is 0.125. The van der Waals surface area contributed by atoms with Crippen molar-refractivity contribution in [2.75, 3.05) is 18.0 Å². The summed E-state index contributed by atoms with van der Waals surface area (Å²) in [6.07, 6.45) is 1.62. The minimum Gasteiger partial charge on any atom is -0.367 e. The first-order valence-electron chi connectivity index (χ1n) is 5.23. The largest absolute Gasteiger partial charge is 0.367 e. The van der Waals surface area contributed by atoms with Crippen LogP contribution in [0.4, 0.5) is 5.69 Å². The number of anilines is 1. The Morgan fingerprint density at radius 2 is 2.25 bits per heavy atom. The molecule has 2 atom stereocenters. The summed E-state index contributed by atoms with van der Waals surface area (Å²) in [7, 11) is 1.58. The van der Waals surface area contributed by atoms with E-state index in [-0.39, 0.29) is 16.6 Å². The van der Waals surface area contributed by atoms with Gasteiger partial charge in [0.15, 0.2) is 0 Å². The van der Waals surface area contributed by atoms with Crippen LogP contribution in [0.5, 0.6) is 0 Å². The zero-order chi connectivity index (χ0) is 11.9. The highest BCUT2D eigenvalue weighted by molar-refractivity contribution is 6.33. The number of nitrogens with zero attached hydrogens (tertiary/aromatic N) is 3. The van der Waals surface area contributed by atoms with Crippen LogP contribution < -0.4 is 16.2 Å². The fourth-order valence-corrected chi connectivity index (χ4v) is 2.20. The van der Waals surface area contributed by atoms with Crippen LogP contribution in [0.2, 0.25) is 5.02 Å². The number of aryl methyl sites for hydroxylation is 1. The molecule has 1 fully saturated rings. The van der Waals surface area contributed by atoms with Gasteiger partial charge in [-0.15, -0.1) is 0 Å². The molecule has 2 unspecified atom stereocenters. The van der Waals surface area contributed by atoms with E-state index < -0.39 is 0 Å². The first-order valence-corrected chi connectivity index (χ1v) is 5.61. The van der Waals surface area contributed by atoms with Gasteiger partial charge in [0.05, 0.1) is 11.9 Å². The van der Waals surface area contributed by atoms with Gasteiger partial charge >= 0.3 is 0 Å². The minimum absolute atomic E-state index is 0.125. The first kappa shape index (κ1) is 11.4. The van der Waals surface area contributed by atoms with Crippen LogP contribution in [0.3, 0.4) is 0 Å². The molecule has 1 aliphatic heterocycles. The first-order chi connectivity index (χ1) is 7.50. The molecule has 0 amide bonds. The smallest absolute Gasteiger partial charge is 0.287 e. The van der Waals surface area contributed by atoms with Gasteiger partial charge in [0.1, 0.15) is 5.02 Å². The van der Waals surface area contributed by atoms with Gasteiger partial charge in [-0.3, -0.25) is 4.79 Å². The maximum atomic E-state index is 11.6. The Morgan fingerprint density at radius 1 is 1.56 bits per heavy atom. The SMILES string of the molecule is CC1CN(c2cnn(C)c(=O)c2Cl)CC1N. The molecule has 0 aliphatic carbocycles. The summed E-state index contributed by atoms with van der Waals surface area (Å²) in [5.41, 5.74) is 6.35. The van der Waals surface area contributed by atoms with Crippen molar-refractivity contribution < 1.29 is 0 Å². The average molecular weight is 243 g/mol. The molecule has 1 aromatic heterocycles. The zero-order valence-corrected chi connectivity index (χ0v) is 10.1. The summed E-state index contributed by atoms with van der Waals surface area (Å²) < 4.78 is 1.23. The van der Waals surface area contributed by atoms with Crippen molar-refractivity contribution in [2.24, 2.45) is 18.7 Å². The van der Waals surface area contributed by atoms with Gasteiger partial charge in [-0.2, -0.15) is 5.10 Å². The Labute approximate surface area is 98.8 Å². The van der Waals surface area contributed by atoms with Crippen molar-refractivity contribution in [1.29, 1.82) is 0 Å². The van der Waals surface area contributed by atoms with E-state index in [1.165, 1.54) is 4.68 Å². The number of halogens is 1. The number of hydrogen-bond donors (Lipinski definition) is 1. The van der Waals surface area contributed by atoms with Gasteiger partial charge in [0.25, 0.3) is 5.56 Å². The van der Waals surface area contributed by atoms with E-state index in [2.05, 4.69) is 12.0 Å². The standard InChI is InChI=1S/C10H15ClN4O/c1-6-4-15(5-7(6)12)8-3-13-14(2)10(16)9(8)11/h3,6-7H,4-5,12H2,1-2H3. The Morgan fingerprint density at radius 3 is 2.81 bits per heavy atom. The monoisotopic (exact) mass is 242 g/mol. The van der Waals surface area contributed by atoms with Gasteiger partial charge in [0, 0.05) is 26.2 Å². The fraction of sp³-hybridized carbons (Fsp3) is 0.600. The predicted molar refractivity (Wildman–Crippen MR) is 63.8 cm³/mol. The van der Waals surface area contributed by atoms with Crippen LogP contribution in [0.25, 0.3) is 0 Å². The molecule has 0 radical (unpaired) electrons. The lowest BCUT2D eigenvalue weighted by Crippen LogP contribution is -2.30. The second-order valence-electron chi connectivity index (χ2n) is 4.32. The lowest BCUT2D eigenvalue weighted by molar-refractivity contribution is 0.566. The van der Waals surface area contributed by atoms with Crippen molar-refractivity contribution >= 4 is 17.3 Å². The molecule has 16 heavy (non-hydrogen) atoms. The minimum atomic E-state index is -0.271. The second kappa shape index (κ2) is 4.07. The molecule has 2 heterocycles. The quantitative estimate of drug-likeness (QED) is 0.765. The van der Waals surface area contributed by atoms with Crippen LogP contribution in [0.1, 0.15) is 6.92 Å². The predicted octanol–water partition coefficient (Wildman–Crippen LogP) is 0.217. The fourth-order valence-electron chi connectivity index (χ4n) is 1.91. The summed E-state index contributed by atoms with van der Waals surface area (Å²) in [5, 5.41) is 4.19. The van der Waals surface area contributed by atoms with Crippen LogP contribution in [0.15, 0.2) is 11.0 Å².